The van der Waals surface area contributed by atoms with E-state index in [9.17, 15) is 84.0 Å². The number of nitrogens with one attached hydrogen (secondary N) is 3. The predicted molar refractivity (Wildman–Crippen MR) is 305 cm³/mol. The van der Waals surface area contributed by atoms with Gasteiger partial charge in [-0.3, -0.25) is 48.1 Å². The molecule has 13 N–H and O–H groups in total. The van der Waals surface area contributed by atoms with E-state index in [0.717, 1.165) is 29.4 Å². The standard InChI is InChI=1S/C52H98N10O26/c1-53-35(23-40(69)55-24-41(70)56(2)27-42(71)57(3)28-43(72)58(4)29-44(73)59(5)30-45(74)60(6)31-46(75)61(7)32-47(76)82-8)52(81)54-9-11-83-13-15-85-17-19-87-21-22-88-20-18-86-16-14-84-12-10-62(25-36(65)48(77)50(79)38(67)33-63)26-37(66)49(78)51(80)39(68)34-64/h35-39,48-51,53,63-68,77-80H,9-34H2,1-8H3,(H,54,81)(H,55,69)/t35-,36-,37-,38+,39+,48+,49+,50+,51+/m0/s1. The minimum Gasteiger partial charge on any atom is -0.468 e. The van der Waals surface area contributed by atoms with E-state index in [4.69, 9.17) is 38.6 Å². The number of hydrogen-bond acceptors (Lipinski definition) is 28. The van der Waals surface area contributed by atoms with Crippen molar-refractivity contribution >= 4 is 53.2 Å². The van der Waals surface area contributed by atoms with Gasteiger partial charge in [-0.1, -0.05) is 0 Å². The lowest BCUT2D eigenvalue weighted by Crippen LogP contribution is -2.53. The second-order valence-corrected chi connectivity index (χ2v) is 20.2. The molecule has 0 saturated heterocycles. The molecule has 8 amide bonds. The zero-order valence-electron chi connectivity index (χ0n) is 51.7. The molecule has 0 spiro atoms. The summed E-state index contributed by atoms with van der Waals surface area (Å²) in [6.07, 6.45) is -14.9. The van der Waals surface area contributed by atoms with Crippen LogP contribution in [0.5, 0.6) is 0 Å². The Kier molecular flexibility index (Phi) is 44.5. The first kappa shape index (κ1) is 82.5. The highest BCUT2D eigenvalue weighted by atomic mass is 16.6. The molecule has 36 heteroatoms. The van der Waals surface area contributed by atoms with Crippen molar-refractivity contribution in [2.75, 3.05) is 221 Å². The number of rotatable bonds is 51. The minimum absolute atomic E-state index is 0.00622. The number of nitrogens with zero attached hydrogens (tertiary/aromatic N) is 7. The van der Waals surface area contributed by atoms with Crippen LogP contribution in [0.2, 0.25) is 0 Å². The minimum atomic E-state index is -1.91. The number of methoxy groups -OCH3 is 1. The van der Waals surface area contributed by atoms with Gasteiger partial charge in [0.05, 0.1) is 164 Å². The molecule has 0 aliphatic carbocycles. The average molecular weight is 1280 g/mol. The highest BCUT2D eigenvalue weighted by Crippen LogP contribution is 2.11. The van der Waals surface area contributed by atoms with Crippen molar-refractivity contribution in [2.45, 2.75) is 61.3 Å². The molecular formula is C52H98N10O26. The van der Waals surface area contributed by atoms with Gasteiger partial charge in [-0.25, -0.2) is 0 Å². The number of carbonyl (C=O) groups excluding carboxylic acids is 9. The lowest BCUT2D eigenvalue weighted by molar-refractivity contribution is -0.148. The van der Waals surface area contributed by atoms with E-state index in [1.807, 2.05) is 0 Å². The number of hydrogen-bond donors (Lipinski definition) is 13. The first-order valence-electron chi connectivity index (χ1n) is 28.1. The molecule has 0 heterocycles. The van der Waals surface area contributed by atoms with Crippen molar-refractivity contribution in [3.63, 3.8) is 0 Å². The van der Waals surface area contributed by atoms with E-state index >= 15 is 0 Å². The van der Waals surface area contributed by atoms with Crippen LogP contribution >= 0.6 is 0 Å². The van der Waals surface area contributed by atoms with Crippen molar-refractivity contribution in [2.24, 2.45) is 0 Å². The van der Waals surface area contributed by atoms with E-state index in [1.165, 1.54) is 61.3 Å². The van der Waals surface area contributed by atoms with Crippen LogP contribution in [0.1, 0.15) is 6.42 Å². The SMILES string of the molecule is CN[C@@H](CC(=O)NCC(=O)N(C)CC(=O)N(C)CC(=O)N(C)CC(=O)N(C)CC(=O)N(C)CC(=O)N(C)CC(=O)OC)C(=O)NCCOCCOCCOCCOCCOCCOCCN(C[C@H](O)[C@@H](O)[C@H](O)[C@H](O)CO)C[C@H](O)[C@@H](O)[C@H](O)[C@H](O)CO. The van der Waals surface area contributed by atoms with Crippen LogP contribution < -0.4 is 16.0 Å². The number of aliphatic hydroxyl groups excluding tert-OH is 10. The van der Waals surface area contributed by atoms with Crippen LogP contribution in [0, 0.1) is 0 Å². The van der Waals surface area contributed by atoms with Gasteiger partial charge < -0.3 is 130 Å². The van der Waals surface area contributed by atoms with Gasteiger partial charge in [0.2, 0.25) is 47.3 Å². The zero-order valence-corrected chi connectivity index (χ0v) is 51.7. The summed E-state index contributed by atoms with van der Waals surface area (Å²) in [6.45, 7) is -2.96. The molecule has 0 aromatic heterocycles. The summed E-state index contributed by atoms with van der Waals surface area (Å²) in [7, 11) is 10.7. The molecule has 9 atom stereocenters. The molecule has 0 rings (SSSR count). The highest BCUT2D eigenvalue weighted by molar-refractivity contribution is 5.93. The quantitative estimate of drug-likeness (QED) is 0.0199. The Morgan fingerprint density at radius 1 is 0.409 bits per heavy atom. The van der Waals surface area contributed by atoms with Gasteiger partial charge in [-0.05, 0) is 7.05 Å². The fraction of sp³-hybridized carbons (Fsp3) is 0.827. The predicted octanol–water partition coefficient (Wildman–Crippen LogP) is -11.6. The van der Waals surface area contributed by atoms with Crippen molar-refractivity contribution < 1.29 is 127 Å². The number of aliphatic hydroxyl groups is 10. The molecule has 0 bridgehead atoms. The van der Waals surface area contributed by atoms with Gasteiger partial charge in [0, 0.05) is 68.5 Å². The van der Waals surface area contributed by atoms with E-state index < -0.39 is 167 Å². The summed E-state index contributed by atoms with van der Waals surface area (Å²) >= 11 is 0. The molecule has 0 aromatic rings. The molecule has 512 valence electrons. The first-order valence-corrected chi connectivity index (χ1v) is 28.1. The van der Waals surface area contributed by atoms with E-state index in [0.29, 0.717) is 0 Å². The maximum absolute atomic E-state index is 12.9. The maximum atomic E-state index is 12.9. The first-order chi connectivity index (χ1) is 41.6. The van der Waals surface area contributed by atoms with Gasteiger partial charge in [-0.15, -0.1) is 0 Å². The third-order valence-corrected chi connectivity index (χ3v) is 13.0. The third kappa shape index (κ3) is 35.6. The van der Waals surface area contributed by atoms with E-state index in [2.05, 4.69) is 20.7 Å². The molecule has 0 fully saturated rings. The average Bonchev–Trinajstić information content (AvgIpc) is 3.52. The summed E-state index contributed by atoms with van der Waals surface area (Å²) in [5.41, 5.74) is 0. The normalized spacial score (nSPS) is 14.5. The summed E-state index contributed by atoms with van der Waals surface area (Å²) in [5.74, 6) is -5.40. The molecule has 0 unspecified atom stereocenters. The van der Waals surface area contributed by atoms with Crippen LogP contribution in [0.4, 0.5) is 0 Å². The Morgan fingerprint density at radius 2 is 0.716 bits per heavy atom. The molecule has 0 aliphatic rings. The maximum Gasteiger partial charge on any atom is 0.325 e. The summed E-state index contributed by atoms with van der Waals surface area (Å²) < 4.78 is 37.4. The number of amides is 8. The lowest BCUT2D eigenvalue weighted by atomic mass is 10.0. The lowest BCUT2D eigenvalue weighted by Gasteiger charge is -2.33. The Balaban J connectivity index is 4.32. The molecule has 88 heavy (non-hydrogen) atoms. The Bertz CT molecular complexity index is 2010. The highest BCUT2D eigenvalue weighted by Gasteiger charge is 2.35. The summed E-state index contributed by atoms with van der Waals surface area (Å²) in [5, 5.41) is 106. The van der Waals surface area contributed by atoms with Gasteiger partial charge in [-0.2, -0.15) is 0 Å². The molecular weight excluding hydrogens is 1180 g/mol. The van der Waals surface area contributed by atoms with Gasteiger partial charge in [0.25, 0.3) is 0 Å². The topological polar surface area (TPSA) is 479 Å². The number of esters is 1. The molecule has 0 saturated carbocycles. The Hall–Kier alpha value is -5.49. The number of likely N-dealkylation sites (N-methyl/N-ethyl adjacent to an activating group) is 7. The van der Waals surface area contributed by atoms with Crippen LogP contribution in [-0.2, 0) is 76.3 Å². The van der Waals surface area contributed by atoms with E-state index in [-0.39, 0.29) is 112 Å². The molecule has 0 aromatic carbocycles. The molecule has 36 nitrogen and oxygen atoms in total. The number of ether oxygens (including phenoxy) is 7. The largest absolute Gasteiger partial charge is 0.468 e. The second-order valence-electron chi connectivity index (χ2n) is 20.2. The monoisotopic (exact) mass is 1280 g/mol. The van der Waals surface area contributed by atoms with Gasteiger partial charge in [0.15, 0.2) is 0 Å². The van der Waals surface area contributed by atoms with Crippen LogP contribution in [-0.4, -0.2) is 414 Å². The Labute approximate surface area is 512 Å². The van der Waals surface area contributed by atoms with Crippen molar-refractivity contribution in [1.82, 2.24) is 50.2 Å². The zero-order chi connectivity index (χ0) is 66.9. The Morgan fingerprint density at radius 3 is 1.05 bits per heavy atom. The van der Waals surface area contributed by atoms with Crippen molar-refractivity contribution in [3.05, 3.63) is 0 Å². The third-order valence-electron chi connectivity index (χ3n) is 13.0. The summed E-state index contributed by atoms with van der Waals surface area (Å²) in [4.78, 5) is 121. The van der Waals surface area contributed by atoms with E-state index in [1.54, 1.807) is 0 Å². The van der Waals surface area contributed by atoms with Crippen LogP contribution in [0.3, 0.4) is 0 Å². The van der Waals surface area contributed by atoms with Crippen molar-refractivity contribution in [3.8, 4) is 0 Å². The van der Waals surface area contributed by atoms with Gasteiger partial charge >= 0.3 is 5.97 Å². The summed E-state index contributed by atoms with van der Waals surface area (Å²) in [6, 6.07) is -0.949. The molecule has 0 aliphatic heterocycles. The van der Waals surface area contributed by atoms with Crippen LogP contribution in [0.15, 0.2) is 0 Å². The van der Waals surface area contributed by atoms with Crippen LogP contribution in [0.25, 0.3) is 0 Å². The van der Waals surface area contributed by atoms with Gasteiger partial charge in [0.1, 0.15) is 43.2 Å². The molecule has 0 radical (unpaired) electrons. The fourth-order valence-corrected chi connectivity index (χ4v) is 7.19. The second kappa shape index (κ2) is 47.5. The number of carbonyl (C=O) groups is 9. The smallest absolute Gasteiger partial charge is 0.325 e. The fourth-order valence-electron chi connectivity index (χ4n) is 7.19. The van der Waals surface area contributed by atoms with Crippen molar-refractivity contribution in [1.29, 1.82) is 0 Å².